The van der Waals surface area contributed by atoms with E-state index in [1.807, 2.05) is 0 Å². The lowest BCUT2D eigenvalue weighted by Gasteiger charge is -2.17. The Morgan fingerprint density at radius 3 is 2.46 bits per heavy atom. The van der Waals surface area contributed by atoms with Gasteiger partial charge in [-0.25, -0.2) is 0 Å². The summed E-state index contributed by atoms with van der Waals surface area (Å²) in [5.74, 6) is -0.350. The quantitative estimate of drug-likeness (QED) is 0.690. The summed E-state index contributed by atoms with van der Waals surface area (Å²) in [4.78, 5) is 10.7. The van der Waals surface area contributed by atoms with Crippen molar-refractivity contribution in [2.75, 3.05) is 25.2 Å². The largest absolute Gasteiger partial charge is 0.481 e. The average molecular weight is 208 g/mol. The van der Waals surface area contributed by atoms with Crippen LogP contribution in [0, 0.1) is 5.41 Å². The number of hydrogen-bond donors (Lipinski definition) is 1. The minimum atomic E-state index is -1.12. The van der Waals surface area contributed by atoms with E-state index in [2.05, 4.69) is 0 Å². The summed E-state index contributed by atoms with van der Waals surface area (Å²) in [6, 6.07) is 0. The predicted molar refractivity (Wildman–Crippen MR) is 51.2 cm³/mol. The first-order valence-electron chi connectivity index (χ1n) is 3.97. The fraction of sp³-hybridized carbons (Fsp3) is 0.875. The number of ether oxygens (including phenoxy) is 1. The number of rotatable bonds is 6. The molecule has 0 heterocycles. The van der Waals surface area contributed by atoms with Crippen LogP contribution in [0.15, 0.2) is 0 Å². The van der Waals surface area contributed by atoms with Gasteiger partial charge in [0.2, 0.25) is 0 Å². The van der Waals surface area contributed by atoms with Crippen molar-refractivity contribution >= 4 is 16.8 Å². The molecule has 0 saturated carbocycles. The standard InChI is InChI=1S/C8H16O4S/c1-8(2,7(9)10)6-13(11)5-4-12-3/h4-6H2,1-3H3,(H,9,10). The van der Waals surface area contributed by atoms with Gasteiger partial charge in [-0.05, 0) is 13.8 Å². The Balaban J connectivity index is 3.97. The SMILES string of the molecule is COCCS(=O)CC(C)(C)C(=O)O. The summed E-state index contributed by atoms with van der Waals surface area (Å²) in [6.07, 6.45) is 0. The smallest absolute Gasteiger partial charge is 0.310 e. The van der Waals surface area contributed by atoms with Gasteiger partial charge in [0.05, 0.1) is 12.0 Å². The molecule has 0 bridgehead atoms. The van der Waals surface area contributed by atoms with E-state index in [4.69, 9.17) is 9.84 Å². The van der Waals surface area contributed by atoms with Gasteiger partial charge in [0.1, 0.15) is 0 Å². The Labute approximate surface area is 80.7 Å². The van der Waals surface area contributed by atoms with Crippen LogP contribution in [-0.4, -0.2) is 40.5 Å². The van der Waals surface area contributed by atoms with Crippen molar-refractivity contribution in [3.63, 3.8) is 0 Å². The summed E-state index contributed by atoms with van der Waals surface area (Å²) in [5.41, 5.74) is -0.918. The Morgan fingerprint density at radius 1 is 1.54 bits per heavy atom. The molecule has 0 aliphatic carbocycles. The number of aliphatic carboxylic acids is 1. The molecule has 1 unspecified atom stereocenters. The highest BCUT2D eigenvalue weighted by Gasteiger charge is 2.29. The average Bonchev–Trinajstić information content (AvgIpc) is 1.99. The van der Waals surface area contributed by atoms with E-state index < -0.39 is 22.2 Å². The highest BCUT2D eigenvalue weighted by molar-refractivity contribution is 7.85. The zero-order chi connectivity index (χ0) is 10.5. The molecule has 4 nitrogen and oxygen atoms in total. The molecule has 0 rings (SSSR count). The van der Waals surface area contributed by atoms with Crippen molar-refractivity contribution in [2.45, 2.75) is 13.8 Å². The van der Waals surface area contributed by atoms with E-state index in [9.17, 15) is 9.00 Å². The fourth-order valence-electron chi connectivity index (χ4n) is 0.713. The first kappa shape index (κ1) is 12.6. The Kier molecular flexibility index (Phi) is 5.17. The van der Waals surface area contributed by atoms with Gasteiger partial charge in [-0.15, -0.1) is 0 Å². The van der Waals surface area contributed by atoms with Crippen LogP contribution in [0.1, 0.15) is 13.8 Å². The van der Waals surface area contributed by atoms with Gasteiger partial charge in [0, 0.05) is 29.4 Å². The zero-order valence-corrected chi connectivity index (χ0v) is 9.02. The van der Waals surface area contributed by atoms with Gasteiger partial charge < -0.3 is 9.84 Å². The molecular weight excluding hydrogens is 192 g/mol. The van der Waals surface area contributed by atoms with Crippen LogP contribution in [0.5, 0.6) is 0 Å². The lowest BCUT2D eigenvalue weighted by molar-refractivity contribution is -0.145. The van der Waals surface area contributed by atoms with E-state index in [0.29, 0.717) is 12.4 Å². The summed E-state index contributed by atoms with van der Waals surface area (Å²) in [7, 11) is 0.412. The summed E-state index contributed by atoms with van der Waals surface area (Å²) in [6.45, 7) is 3.54. The number of hydrogen-bond acceptors (Lipinski definition) is 3. The normalized spacial score (nSPS) is 14.1. The number of carboxylic acids is 1. The van der Waals surface area contributed by atoms with Crippen LogP contribution >= 0.6 is 0 Å². The van der Waals surface area contributed by atoms with Crippen molar-refractivity contribution in [3.8, 4) is 0 Å². The second-order valence-electron chi connectivity index (χ2n) is 3.47. The molecule has 0 spiro atoms. The Morgan fingerprint density at radius 2 is 2.08 bits per heavy atom. The topological polar surface area (TPSA) is 63.6 Å². The van der Waals surface area contributed by atoms with Crippen molar-refractivity contribution in [1.82, 2.24) is 0 Å². The van der Waals surface area contributed by atoms with E-state index in [-0.39, 0.29) is 5.75 Å². The molecule has 0 amide bonds. The number of carboxylic acid groups (broad SMARTS) is 1. The van der Waals surface area contributed by atoms with Gasteiger partial charge in [-0.3, -0.25) is 9.00 Å². The third kappa shape index (κ3) is 5.00. The van der Waals surface area contributed by atoms with Gasteiger partial charge in [0.15, 0.2) is 0 Å². The minimum Gasteiger partial charge on any atom is -0.481 e. The van der Waals surface area contributed by atoms with Crippen LogP contribution in [0.25, 0.3) is 0 Å². The van der Waals surface area contributed by atoms with Crippen molar-refractivity contribution < 1.29 is 18.8 Å². The summed E-state index contributed by atoms with van der Waals surface area (Å²) < 4.78 is 16.0. The molecule has 0 aliphatic rings. The lowest BCUT2D eigenvalue weighted by atomic mass is 9.97. The highest BCUT2D eigenvalue weighted by Crippen LogP contribution is 2.16. The molecule has 0 aromatic heterocycles. The molecule has 0 fully saturated rings. The summed E-state index contributed by atoms with van der Waals surface area (Å²) in [5, 5.41) is 8.75. The Bertz CT molecular complexity index is 200. The molecule has 0 radical (unpaired) electrons. The van der Waals surface area contributed by atoms with Crippen LogP contribution in [0.4, 0.5) is 0 Å². The fourth-order valence-corrected chi connectivity index (χ4v) is 2.14. The summed E-state index contributed by atoms with van der Waals surface area (Å²) >= 11 is 0. The third-order valence-corrected chi connectivity index (χ3v) is 3.28. The first-order valence-corrected chi connectivity index (χ1v) is 5.46. The molecule has 0 aromatic rings. The van der Waals surface area contributed by atoms with Crippen LogP contribution < -0.4 is 0 Å². The molecule has 0 aromatic carbocycles. The van der Waals surface area contributed by atoms with Gasteiger partial charge in [-0.2, -0.15) is 0 Å². The molecule has 13 heavy (non-hydrogen) atoms. The lowest BCUT2D eigenvalue weighted by Crippen LogP contribution is -2.31. The molecule has 5 heteroatoms. The molecular formula is C8H16O4S. The molecule has 1 atom stereocenters. The van der Waals surface area contributed by atoms with E-state index in [1.54, 1.807) is 13.8 Å². The maximum Gasteiger partial charge on any atom is 0.310 e. The Hall–Kier alpha value is -0.420. The first-order chi connectivity index (χ1) is 5.90. The van der Waals surface area contributed by atoms with E-state index >= 15 is 0 Å². The van der Waals surface area contributed by atoms with E-state index in [0.717, 1.165) is 0 Å². The maximum absolute atomic E-state index is 11.3. The second kappa shape index (κ2) is 5.34. The van der Waals surface area contributed by atoms with Crippen LogP contribution in [0.2, 0.25) is 0 Å². The second-order valence-corrected chi connectivity index (χ2v) is 5.05. The van der Waals surface area contributed by atoms with Crippen LogP contribution in [-0.2, 0) is 20.3 Å². The molecule has 0 saturated heterocycles. The number of methoxy groups -OCH3 is 1. The predicted octanol–water partition coefficient (Wildman–Crippen LogP) is 0.492. The van der Waals surface area contributed by atoms with Gasteiger partial charge in [0.25, 0.3) is 0 Å². The molecule has 78 valence electrons. The molecule has 0 aliphatic heterocycles. The maximum atomic E-state index is 11.3. The third-order valence-electron chi connectivity index (χ3n) is 1.62. The van der Waals surface area contributed by atoms with Crippen molar-refractivity contribution in [2.24, 2.45) is 5.41 Å². The highest BCUT2D eigenvalue weighted by atomic mass is 32.2. The van der Waals surface area contributed by atoms with Gasteiger partial charge >= 0.3 is 5.97 Å². The zero-order valence-electron chi connectivity index (χ0n) is 8.20. The number of carbonyl (C=O) groups is 1. The van der Waals surface area contributed by atoms with E-state index in [1.165, 1.54) is 7.11 Å². The van der Waals surface area contributed by atoms with Crippen molar-refractivity contribution in [1.29, 1.82) is 0 Å². The van der Waals surface area contributed by atoms with Gasteiger partial charge in [-0.1, -0.05) is 0 Å². The minimum absolute atomic E-state index is 0.172. The van der Waals surface area contributed by atoms with Crippen molar-refractivity contribution in [3.05, 3.63) is 0 Å². The van der Waals surface area contributed by atoms with Crippen LogP contribution in [0.3, 0.4) is 0 Å². The molecule has 1 N–H and O–H groups in total. The monoisotopic (exact) mass is 208 g/mol.